The molecule has 0 aliphatic carbocycles. The van der Waals surface area contributed by atoms with Gasteiger partial charge < -0.3 is 10.5 Å². The lowest BCUT2D eigenvalue weighted by atomic mass is 9.97. The third-order valence-corrected chi connectivity index (χ3v) is 8.79. The van der Waals surface area contributed by atoms with Gasteiger partial charge in [0.25, 0.3) is 5.56 Å². The van der Waals surface area contributed by atoms with Gasteiger partial charge in [-0.1, -0.05) is 23.7 Å². The van der Waals surface area contributed by atoms with Crippen LogP contribution in [0.2, 0.25) is 5.15 Å². The number of pyridine rings is 1. The molecule has 0 spiro atoms. The number of halogens is 2. The number of nitrogens with one attached hydrogen (secondary N) is 1. The molecule has 0 amide bonds. The van der Waals surface area contributed by atoms with Gasteiger partial charge in [-0.05, 0) is 54.4 Å². The summed E-state index contributed by atoms with van der Waals surface area (Å²) in [7, 11) is -2.20. The van der Waals surface area contributed by atoms with E-state index in [4.69, 9.17) is 27.2 Å². The van der Waals surface area contributed by atoms with E-state index in [-0.39, 0.29) is 22.2 Å². The first-order chi connectivity index (χ1) is 20.5. The molecule has 1 atom stereocenters. The standard InChI is InChI=1S/C28H23ClFN7O4S2/c1-14(18-11-22-36(21(29)12-42-22)28(38)23(18)15-5-4-6-17(30)9-15)37-27-24(26(31)32-13-33-27)25(34-37)16-7-8-20(41-2)19(10-16)35-43(3,39)40/h4-14,35H,1-3H3,(H2,31,32,33)/t14-/m0/s1. The van der Waals surface area contributed by atoms with Gasteiger partial charge in [-0.3, -0.25) is 13.9 Å². The molecule has 220 valence electrons. The number of sulfonamides is 1. The minimum Gasteiger partial charge on any atom is -0.495 e. The number of thiazole rings is 1. The third kappa shape index (κ3) is 5.07. The van der Waals surface area contributed by atoms with Crippen LogP contribution >= 0.6 is 22.9 Å². The van der Waals surface area contributed by atoms with Crippen LogP contribution in [-0.4, -0.2) is 45.9 Å². The summed E-state index contributed by atoms with van der Waals surface area (Å²) in [5, 5.41) is 7.19. The third-order valence-electron chi connectivity index (χ3n) is 6.91. The van der Waals surface area contributed by atoms with E-state index >= 15 is 0 Å². The molecular weight excluding hydrogens is 617 g/mol. The highest BCUT2D eigenvalue weighted by Gasteiger charge is 2.26. The molecule has 0 unspecified atom stereocenters. The molecule has 0 bridgehead atoms. The predicted molar refractivity (Wildman–Crippen MR) is 166 cm³/mol. The normalized spacial score (nSPS) is 12.6. The minimum absolute atomic E-state index is 0.151. The van der Waals surface area contributed by atoms with Crippen molar-refractivity contribution < 1.29 is 17.5 Å². The zero-order valence-electron chi connectivity index (χ0n) is 22.9. The number of anilines is 2. The van der Waals surface area contributed by atoms with Crippen LogP contribution < -0.4 is 20.8 Å². The summed E-state index contributed by atoms with van der Waals surface area (Å²) in [6, 6.07) is 11.9. The fourth-order valence-corrected chi connectivity index (χ4v) is 6.77. The number of nitrogens with two attached hydrogens (primary N) is 1. The molecule has 0 radical (unpaired) electrons. The van der Waals surface area contributed by atoms with E-state index in [0.29, 0.717) is 44.0 Å². The topological polar surface area (TPSA) is 146 Å². The Balaban J connectivity index is 1.60. The summed E-state index contributed by atoms with van der Waals surface area (Å²) in [5.74, 6) is -0.0428. The van der Waals surface area contributed by atoms with Crippen molar-refractivity contribution in [2.75, 3.05) is 23.8 Å². The lowest BCUT2D eigenvalue weighted by molar-refractivity contribution is 0.417. The van der Waals surface area contributed by atoms with Crippen LogP contribution in [0.25, 0.3) is 38.2 Å². The van der Waals surface area contributed by atoms with Crippen molar-refractivity contribution in [3.05, 3.63) is 87.1 Å². The first kappa shape index (κ1) is 28.6. The number of benzene rings is 2. The van der Waals surface area contributed by atoms with Gasteiger partial charge in [0.2, 0.25) is 10.0 Å². The fourth-order valence-electron chi connectivity index (χ4n) is 5.05. The number of aromatic nitrogens is 5. The largest absolute Gasteiger partial charge is 0.495 e. The average molecular weight is 640 g/mol. The Morgan fingerprint density at radius 2 is 1.93 bits per heavy atom. The van der Waals surface area contributed by atoms with Crippen molar-refractivity contribution in [3.8, 4) is 28.1 Å². The molecule has 6 aromatic rings. The predicted octanol–water partition coefficient (Wildman–Crippen LogP) is 5.20. The maximum atomic E-state index is 14.4. The van der Waals surface area contributed by atoms with E-state index in [0.717, 1.165) is 6.26 Å². The van der Waals surface area contributed by atoms with Crippen molar-refractivity contribution in [2.24, 2.45) is 0 Å². The second kappa shape index (κ2) is 10.6. The molecule has 3 N–H and O–H groups in total. The summed E-state index contributed by atoms with van der Waals surface area (Å²) in [5.41, 5.74) is 8.57. The Bertz CT molecular complexity index is 2230. The molecule has 2 aromatic carbocycles. The Morgan fingerprint density at radius 3 is 2.65 bits per heavy atom. The molecule has 0 saturated carbocycles. The number of nitrogen functional groups attached to an aromatic ring is 1. The molecular formula is C28H23ClFN7O4S2. The molecule has 4 heterocycles. The average Bonchev–Trinajstić information content (AvgIpc) is 3.53. The van der Waals surface area contributed by atoms with Gasteiger partial charge in [-0.15, -0.1) is 11.3 Å². The molecule has 0 saturated heterocycles. The highest BCUT2D eigenvalue weighted by Crippen LogP contribution is 2.38. The van der Waals surface area contributed by atoms with Crippen LogP contribution in [0.3, 0.4) is 0 Å². The minimum atomic E-state index is -3.63. The van der Waals surface area contributed by atoms with Crippen molar-refractivity contribution >= 4 is 60.3 Å². The smallest absolute Gasteiger partial charge is 0.265 e. The Morgan fingerprint density at radius 1 is 1.14 bits per heavy atom. The highest BCUT2D eigenvalue weighted by atomic mass is 35.5. The quantitative estimate of drug-likeness (QED) is 0.242. The molecule has 0 aliphatic rings. The highest BCUT2D eigenvalue weighted by molar-refractivity contribution is 7.92. The van der Waals surface area contributed by atoms with Crippen molar-refractivity contribution in [1.29, 1.82) is 0 Å². The number of hydrogen-bond donors (Lipinski definition) is 2. The van der Waals surface area contributed by atoms with E-state index in [9.17, 15) is 17.6 Å². The van der Waals surface area contributed by atoms with E-state index < -0.39 is 27.4 Å². The van der Waals surface area contributed by atoms with Crippen molar-refractivity contribution in [2.45, 2.75) is 13.0 Å². The lowest BCUT2D eigenvalue weighted by Gasteiger charge is -2.18. The van der Waals surface area contributed by atoms with E-state index in [1.165, 1.54) is 47.4 Å². The second-order valence-electron chi connectivity index (χ2n) is 9.74. The summed E-state index contributed by atoms with van der Waals surface area (Å²) in [4.78, 5) is 23.1. The van der Waals surface area contributed by atoms with Gasteiger partial charge in [-0.25, -0.2) is 27.5 Å². The van der Waals surface area contributed by atoms with Crippen molar-refractivity contribution in [3.63, 3.8) is 0 Å². The number of rotatable bonds is 7. The van der Waals surface area contributed by atoms with Gasteiger partial charge in [-0.2, -0.15) is 5.10 Å². The zero-order chi connectivity index (χ0) is 30.6. The van der Waals surface area contributed by atoms with Crippen LogP contribution in [0.4, 0.5) is 15.9 Å². The van der Waals surface area contributed by atoms with Crippen LogP contribution in [0, 0.1) is 5.82 Å². The molecule has 4 aromatic heterocycles. The number of nitrogens with zero attached hydrogens (tertiary/aromatic N) is 5. The van der Waals surface area contributed by atoms with Crippen LogP contribution in [0.15, 0.2) is 65.0 Å². The van der Waals surface area contributed by atoms with E-state index in [1.807, 2.05) is 13.0 Å². The van der Waals surface area contributed by atoms with Crippen LogP contribution in [0.1, 0.15) is 18.5 Å². The first-order valence-corrected chi connectivity index (χ1v) is 15.8. The van der Waals surface area contributed by atoms with Gasteiger partial charge in [0.15, 0.2) is 5.65 Å². The fraction of sp³-hybridized carbons (Fsp3) is 0.143. The molecule has 43 heavy (non-hydrogen) atoms. The molecule has 15 heteroatoms. The summed E-state index contributed by atoms with van der Waals surface area (Å²) in [6.07, 6.45) is 2.34. The van der Waals surface area contributed by atoms with E-state index in [2.05, 4.69) is 14.7 Å². The maximum Gasteiger partial charge on any atom is 0.265 e. The number of hydrogen-bond acceptors (Lipinski definition) is 9. The summed E-state index contributed by atoms with van der Waals surface area (Å²) in [6.45, 7) is 1.84. The SMILES string of the molecule is COc1ccc(-c2nn([C@@H](C)c3cc4scc(Cl)n4c(=O)c3-c3cccc(F)c3)c3ncnc(N)c23)cc1NS(C)(=O)=O. The molecule has 0 aliphatic heterocycles. The molecule has 11 nitrogen and oxygen atoms in total. The maximum absolute atomic E-state index is 14.4. The number of fused-ring (bicyclic) bond motifs is 2. The van der Waals surface area contributed by atoms with Gasteiger partial charge in [0.05, 0.1) is 36.0 Å². The zero-order valence-corrected chi connectivity index (χ0v) is 25.3. The second-order valence-corrected chi connectivity index (χ2v) is 12.8. The van der Waals surface area contributed by atoms with Crippen LogP contribution in [-0.2, 0) is 10.0 Å². The van der Waals surface area contributed by atoms with Gasteiger partial charge in [0, 0.05) is 10.9 Å². The summed E-state index contributed by atoms with van der Waals surface area (Å²) < 4.78 is 49.2. The van der Waals surface area contributed by atoms with Crippen LogP contribution in [0.5, 0.6) is 5.75 Å². The number of ether oxygens (including phenoxy) is 1. The lowest BCUT2D eigenvalue weighted by Crippen LogP contribution is -2.20. The van der Waals surface area contributed by atoms with Gasteiger partial charge >= 0.3 is 0 Å². The number of methoxy groups -OCH3 is 1. The molecule has 6 rings (SSSR count). The van der Waals surface area contributed by atoms with Crippen molar-refractivity contribution in [1.82, 2.24) is 24.1 Å². The summed E-state index contributed by atoms with van der Waals surface area (Å²) >= 11 is 7.65. The Kier molecular flexibility index (Phi) is 7.07. The monoisotopic (exact) mass is 639 g/mol. The van der Waals surface area contributed by atoms with E-state index in [1.54, 1.807) is 34.3 Å². The molecule has 0 fully saturated rings. The Labute approximate surface area is 253 Å². The first-order valence-electron chi connectivity index (χ1n) is 12.7. The van der Waals surface area contributed by atoms with Gasteiger partial charge in [0.1, 0.15) is 39.4 Å². The Hall–Kier alpha value is -4.53.